The van der Waals surface area contributed by atoms with Crippen LogP contribution in [0.1, 0.15) is 28.8 Å². The SMILES string of the molecule is N#Cc1cccc(NC(=O)COC(=O)CCC(=O)c2ccccc2)c1. The van der Waals surface area contributed by atoms with Gasteiger partial charge in [-0.3, -0.25) is 14.4 Å². The molecule has 25 heavy (non-hydrogen) atoms. The molecule has 0 fully saturated rings. The summed E-state index contributed by atoms with van der Waals surface area (Å²) < 4.78 is 4.85. The topological polar surface area (TPSA) is 96.3 Å². The third-order valence-corrected chi connectivity index (χ3v) is 3.29. The summed E-state index contributed by atoms with van der Waals surface area (Å²) in [5, 5.41) is 11.3. The van der Waals surface area contributed by atoms with E-state index >= 15 is 0 Å². The molecule has 0 saturated carbocycles. The van der Waals surface area contributed by atoms with Gasteiger partial charge in [0.05, 0.1) is 18.1 Å². The van der Waals surface area contributed by atoms with Gasteiger partial charge in [-0.05, 0) is 18.2 Å². The number of esters is 1. The Morgan fingerprint density at radius 1 is 1.00 bits per heavy atom. The molecular formula is C19H16N2O4. The van der Waals surface area contributed by atoms with E-state index in [0.29, 0.717) is 16.8 Å². The van der Waals surface area contributed by atoms with Crippen molar-refractivity contribution in [2.45, 2.75) is 12.8 Å². The van der Waals surface area contributed by atoms with E-state index in [1.807, 2.05) is 6.07 Å². The van der Waals surface area contributed by atoms with Gasteiger partial charge in [-0.2, -0.15) is 5.26 Å². The van der Waals surface area contributed by atoms with Crippen LogP contribution in [0.4, 0.5) is 5.69 Å². The lowest BCUT2D eigenvalue weighted by Gasteiger charge is -2.07. The van der Waals surface area contributed by atoms with E-state index in [9.17, 15) is 14.4 Å². The van der Waals surface area contributed by atoms with Gasteiger partial charge < -0.3 is 10.1 Å². The number of nitrogens with one attached hydrogen (secondary N) is 1. The van der Waals surface area contributed by atoms with Gasteiger partial charge in [0.1, 0.15) is 0 Å². The average Bonchev–Trinajstić information content (AvgIpc) is 2.65. The van der Waals surface area contributed by atoms with Gasteiger partial charge in [-0.15, -0.1) is 0 Å². The lowest BCUT2D eigenvalue weighted by molar-refractivity contribution is -0.147. The molecule has 2 rings (SSSR count). The van der Waals surface area contributed by atoms with E-state index in [4.69, 9.17) is 10.00 Å². The maximum Gasteiger partial charge on any atom is 0.306 e. The first kappa shape index (κ1) is 17.9. The molecule has 2 aromatic carbocycles. The Morgan fingerprint density at radius 2 is 1.76 bits per heavy atom. The molecule has 0 radical (unpaired) electrons. The number of anilines is 1. The molecule has 6 nitrogen and oxygen atoms in total. The number of ketones is 1. The summed E-state index contributed by atoms with van der Waals surface area (Å²) in [4.78, 5) is 35.3. The fourth-order valence-electron chi connectivity index (χ4n) is 2.07. The molecule has 6 heteroatoms. The molecule has 2 aromatic rings. The van der Waals surface area contributed by atoms with Crippen LogP contribution >= 0.6 is 0 Å². The Balaban J connectivity index is 1.73. The molecule has 0 aliphatic carbocycles. The summed E-state index contributed by atoms with van der Waals surface area (Å²) in [6.45, 7) is -0.449. The lowest BCUT2D eigenvalue weighted by atomic mass is 10.1. The van der Waals surface area contributed by atoms with Gasteiger partial charge >= 0.3 is 5.97 Å². The average molecular weight is 336 g/mol. The number of carbonyl (C=O) groups is 3. The van der Waals surface area contributed by atoms with Crippen molar-refractivity contribution in [2.24, 2.45) is 0 Å². The first-order valence-corrected chi connectivity index (χ1v) is 7.62. The Bertz CT molecular complexity index is 810. The van der Waals surface area contributed by atoms with E-state index < -0.39 is 18.5 Å². The number of ether oxygens (including phenoxy) is 1. The molecule has 0 atom stereocenters. The zero-order valence-electron chi connectivity index (χ0n) is 13.4. The molecule has 0 aliphatic heterocycles. The van der Waals surface area contributed by atoms with Gasteiger partial charge in [0.2, 0.25) is 0 Å². The second-order valence-electron chi connectivity index (χ2n) is 5.19. The highest BCUT2D eigenvalue weighted by molar-refractivity contribution is 5.98. The molecule has 1 amide bonds. The number of hydrogen-bond acceptors (Lipinski definition) is 5. The van der Waals surface area contributed by atoms with Crippen LogP contribution in [0, 0.1) is 11.3 Å². The summed E-state index contributed by atoms with van der Waals surface area (Å²) >= 11 is 0. The molecule has 0 bridgehead atoms. The van der Waals surface area contributed by atoms with E-state index in [2.05, 4.69) is 5.32 Å². The summed E-state index contributed by atoms with van der Waals surface area (Å²) in [5.41, 5.74) is 1.39. The predicted molar refractivity (Wildman–Crippen MR) is 90.8 cm³/mol. The Morgan fingerprint density at radius 3 is 2.48 bits per heavy atom. The summed E-state index contributed by atoms with van der Waals surface area (Å²) in [6.07, 6.45) is -0.0698. The van der Waals surface area contributed by atoms with Gasteiger partial charge in [0.15, 0.2) is 12.4 Å². The molecule has 1 N–H and O–H groups in total. The molecule has 0 aliphatic rings. The van der Waals surface area contributed by atoms with E-state index in [0.717, 1.165) is 0 Å². The fourth-order valence-corrected chi connectivity index (χ4v) is 2.07. The van der Waals surface area contributed by atoms with Crippen molar-refractivity contribution in [3.8, 4) is 6.07 Å². The normalized spacial score (nSPS) is 9.72. The van der Waals surface area contributed by atoms with Gasteiger partial charge in [-0.1, -0.05) is 36.4 Å². The fraction of sp³-hybridized carbons (Fsp3) is 0.158. The third kappa shape index (κ3) is 5.92. The van der Waals surface area contributed by atoms with E-state index in [1.54, 1.807) is 48.5 Å². The highest BCUT2D eigenvalue weighted by atomic mass is 16.5. The number of carbonyl (C=O) groups excluding carboxylic acids is 3. The van der Waals surface area contributed by atoms with Crippen molar-refractivity contribution in [2.75, 3.05) is 11.9 Å². The number of nitrogens with zero attached hydrogens (tertiary/aromatic N) is 1. The number of hydrogen-bond donors (Lipinski definition) is 1. The molecule has 0 aromatic heterocycles. The quantitative estimate of drug-likeness (QED) is 0.619. The standard InChI is InChI=1S/C19H16N2O4/c20-12-14-5-4-8-16(11-14)21-18(23)13-25-19(24)10-9-17(22)15-6-2-1-3-7-15/h1-8,11H,9-10,13H2,(H,21,23). The van der Waals surface area contributed by atoms with Crippen molar-refractivity contribution >= 4 is 23.3 Å². The minimum atomic E-state index is -0.620. The largest absolute Gasteiger partial charge is 0.456 e. The van der Waals surface area contributed by atoms with Crippen LogP contribution in [0.3, 0.4) is 0 Å². The second kappa shape index (κ2) is 8.99. The Labute approximate surface area is 145 Å². The number of rotatable bonds is 7. The minimum Gasteiger partial charge on any atom is -0.456 e. The first-order valence-electron chi connectivity index (χ1n) is 7.62. The minimum absolute atomic E-state index is 0.0225. The van der Waals surface area contributed by atoms with Crippen molar-refractivity contribution in [1.29, 1.82) is 5.26 Å². The van der Waals surface area contributed by atoms with Gasteiger partial charge in [0, 0.05) is 17.7 Å². The smallest absolute Gasteiger partial charge is 0.306 e. The summed E-state index contributed by atoms with van der Waals surface area (Å²) in [5.74, 6) is -1.29. The van der Waals surface area contributed by atoms with Crippen LogP contribution in [-0.2, 0) is 14.3 Å². The van der Waals surface area contributed by atoms with Crippen LogP contribution in [0.15, 0.2) is 54.6 Å². The Hall–Kier alpha value is -3.46. The predicted octanol–water partition coefficient (Wildman–Crippen LogP) is 2.70. The van der Waals surface area contributed by atoms with Crippen LogP contribution in [0.5, 0.6) is 0 Å². The highest BCUT2D eigenvalue weighted by Crippen LogP contribution is 2.10. The Kier molecular flexibility index (Phi) is 6.43. The summed E-state index contributed by atoms with van der Waals surface area (Å²) in [7, 11) is 0. The van der Waals surface area contributed by atoms with Gasteiger partial charge in [-0.25, -0.2) is 0 Å². The zero-order valence-corrected chi connectivity index (χ0v) is 13.4. The van der Waals surface area contributed by atoms with Crippen LogP contribution < -0.4 is 5.32 Å². The molecule has 126 valence electrons. The molecule has 0 spiro atoms. The van der Waals surface area contributed by atoms with Crippen LogP contribution in [0.2, 0.25) is 0 Å². The van der Waals surface area contributed by atoms with Crippen molar-refractivity contribution < 1.29 is 19.1 Å². The molecular weight excluding hydrogens is 320 g/mol. The monoisotopic (exact) mass is 336 g/mol. The number of benzene rings is 2. The van der Waals surface area contributed by atoms with Crippen molar-refractivity contribution in [1.82, 2.24) is 0 Å². The number of amides is 1. The first-order chi connectivity index (χ1) is 12.1. The second-order valence-corrected chi connectivity index (χ2v) is 5.19. The van der Waals surface area contributed by atoms with Crippen molar-refractivity contribution in [3.05, 3.63) is 65.7 Å². The van der Waals surface area contributed by atoms with E-state index in [-0.39, 0.29) is 18.6 Å². The number of nitriles is 1. The highest BCUT2D eigenvalue weighted by Gasteiger charge is 2.12. The molecule has 0 saturated heterocycles. The maximum atomic E-state index is 11.9. The third-order valence-electron chi connectivity index (χ3n) is 3.29. The van der Waals surface area contributed by atoms with E-state index in [1.165, 1.54) is 6.07 Å². The maximum absolute atomic E-state index is 11.9. The molecule has 0 heterocycles. The van der Waals surface area contributed by atoms with Gasteiger partial charge in [0.25, 0.3) is 5.91 Å². The van der Waals surface area contributed by atoms with Crippen LogP contribution in [-0.4, -0.2) is 24.3 Å². The number of Topliss-reactive ketones (excluding diaryl/α,β-unsaturated/α-hetero) is 1. The molecule has 0 unspecified atom stereocenters. The van der Waals surface area contributed by atoms with Crippen LogP contribution in [0.25, 0.3) is 0 Å². The lowest BCUT2D eigenvalue weighted by Crippen LogP contribution is -2.21. The summed E-state index contributed by atoms with van der Waals surface area (Å²) in [6, 6.07) is 17.0. The van der Waals surface area contributed by atoms with Crippen molar-refractivity contribution in [3.63, 3.8) is 0 Å². The zero-order chi connectivity index (χ0) is 18.1.